The number of tetrazole rings is 1. The van der Waals surface area contributed by atoms with E-state index in [4.69, 9.17) is 0 Å². The fourth-order valence-corrected chi connectivity index (χ4v) is 2.70. The summed E-state index contributed by atoms with van der Waals surface area (Å²) in [6, 6.07) is 11.9. The molecule has 0 amide bonds. The quantitative estimate of drug-likeness (QED) is 0.372. The predicted octanol–water partition coefficient (Wildman–Crippen LogP) is 3.76. The molecule has 0 unspecified atom stereocenters. The summed E-state index contributed by atoms with van der Waals surface area (Å²) in [5.74, 6) is -0.276. The van der Waals surface area contributed by atoms with E-state index in [1.54, 1.807) is 49.5 Å². The maximum atomic E-state index is 13.5. The summed E-state index contributed by atoms with van der Waals surface area (Å²) < 4.78 is 28.4. The van der Waals surface area contributed by atoms with Crippen LogP contribution in [0, 0.1) is 11.6 Å². The highest BCUT2D eigenvalue weighted by Crippen LogP contribution is 2.32. The van der Waals surface area contributed by atoms with Crippen LogP contribution >= 0.6 is 0 Å². The zero-order valence-corrected chi connectivity index (χ0v) is 15.0. The first-order chi connectivity index (χ1) is 13.6. The van der Waals surface area contributed by atoms with E-state index >= 15 is 0 Å². The number of hydrogen-bond acceptors (Lipinski definition) is 4. The minimum Gasteiger partial charge on any atom is -0.299 e. The second-order valence-electron chi connectivity index (χ2n) is 5.81. The predicted molar refractivity (Wildman–Crippen MR) is 102 cm³/mol. The van der Waals surface area contributed by atoms with E-state index in [0.29, 0.717) is 34.4 Å². The number of aryl methyl sites for hydroxylation is 1. The number of halogens is 2. The van der Waals surface area contributed by atoms with E-state index in [-0.39, 0.29) is 11.6 Å². The van der Waals surface area contributed by atoms with E-state index in [1.165, 1.54) is 35.0 Å². The van der Waals surface area contributed by atoms with Crippen molar-refractivity contribution in [1.29, 1.82) is 0 Å². The molecular formula is C21H16F2N4O. The Bertz CT molecular complexity index is 1000. The van der Waals surface area contributed by atoms with Gasteiger partial charge in [-0.05, 0) is 57.5 Å². The Kier molecular flexibility index (Phi) is 5.96. The number of carbonyl (C=O) groups excluding carboxylic acids is 1. The third-order valence-electron chi connectivity index (χ3n) is 3.96. The van der Waals surface area contributed by atoms with Crippen LogP contribution in [0.5, 0.6) is 0 Å². The summed E-state index contributed by atoms with van der Waals surface area (Å²) in [6.45, 7) is 0. The number of nitrogens with zero attached hydrogens (tertiary/aromatic N) is 4. The molecule has 0 aliphatic rings. The van der Waals surface area contributed by atoms with Crippen molar-refractivity contribution < 1.29 is 13.6 Å². The molecule has 5 nitrogen and oxygen atoms in total. The van der Waals surface area contributed by atoms with Gasteiger partial charge in [-0.25, -0.2) is 13.5 Å². The third-order valence-corrected chi connectivity index (χ3v) is 3.96. The molecule has 0 atom stereocenters. The Balaban J connectivity index is 2.30. The summed E-state index contributed by atoms with van der Waals surface area (Å²) in [4.78, 5) is 10.5. The first kappa shape index (κ1) is 19.0. The lowest BCUT2D eigenvalue weighted by atomic mass is 9.92. The van der Waals surface area contributed by atoms with Crippen molar-refractivity contribution in [3.05, 3.63) is 101 Å². The third kappa shape index (κ3) is 4.32. The normalized spacial score (nSPS) is 11.2. The van der Waals surface area contributed by atoms with Gasteiger partial charge in [-0.1, -0.05) is 42.5 Å². The number of aldehydes is 1. The number of carbonyl (C=O) groups is 1. The minimum atomic E-state index is -0.367. The van der Waals surface area contributed by atoms with Crippen molar-refractivity contribution in [2.75, 3.05) is 0 Å². The monoisotopic (exact) mass is 378 g/mol. The summed E-state index contributed by atoms with van der Waals surface area (Å²) >= 11 is 0. The maximum Gasteiger partial charge on any atom is 0.182 e. The van der Waals surface area contributed by atoms with E-state index in [9.17, 15) is 13.6 Å². The molecular weight excluding hydrogens is 362 g/mol. The molecule has 0 spiro atoms. The second-order valence-corrected chi connectivity index (χ2v) is 5.81. The zero-order valence-electron chi connectivity index (χ0n) is 15.0. The first-order valence-corrected chi connectivity index (χ1v) is 8.37. The van der Waals surface area contributed by atoms with Crippen molar-refractivity contribution >= 4 is 17.4 Å². The highest BCUT2D eigenvalue weighted by molar-refractivity contribution is 6.01. The largest absolute Gasteiger partial charge is 0.299 e. The van der Waals surface area contributed by atoms with Gasteiger partial charge < -0.3 is 0 Å². The lowest BCUT2D eigenvalue weighted by Gasteiger charge is -2.13. The maximum absolute atomic E-state index is 13.5. The standard InChI is InChI=1S/C21H16F2N4O/c1-27-21(24-25-26-27)19(5-3-2-4-14-28)20(15-6-10-17(22)11-7-15)16-8-12-18(23)13-9-16/h2-14H,1H3. The first-order valence-electron chi connectivity index (χ1n) is 8.37. The van der Waals surface area contributed by atoms with E-state index in [0.717, 1.165) is 0 Å². The molecule has 0 saturated heterocycles. The Morgan fingerprint density at radius 3 is 1.93 bits per heavy atom. The van der Waals surface area contributed by atoms with Gasteiger partial charge in [0.2, 0.25) is 0 Å². The molecule has 0 N–H and O–H groups in total. The van der Waals surface area contributed by atoms with Crippen molar-refractivity contribution in [3.8, 4) is 0 Å². The Morgan fingerprint density at radius 2 is 1.46 bits per heavy atom. The van der Waals surface area contributed by atoms with Crippen LogP contribution in [-0.4, -0.2) is 26.5 Å². The average molecular weight is 378 g/mol. The molecule has 2 aromatic carbocycles. The van der Waals surface area contributed by atoms with Gasteiger partial charge in [-0.2, -0.15) is 0 Å². The topological polar surface area (TPSA) is 60.7 Å². The van der Waals surface area contributed by atoms with Crippen LogP contribution in [0.2, 0.25) is 0 Å². The molecule has 0 aliphatic carbocycles. The molecule has 7 heteroatoms. The lowest BCUT2D eigenvalue weighted by Crippen LogP contribution is -2.02. The molecule has 140 valence electrons. The smallest absolute Gasteiger partial charge is 0.182 e. The van der Waals surface area contributed by atoms with Gasteiger partial charge in [0.15, 0.2) is 5.82 Å². The number of aromatic nitrogens is 4. The Labute approximate surface area is 160 Å². The fourth-order valence-electron chi connectivity index (χ4n) is 2.70. The highest BCUT2D eigenvalue weighted by atomic mass is 19.1. The van der Waals surface area contributed by atoms with Gasteiger partial charge in [0.25, 0.3) is 0 Å². The SMILES string of the molecule is Cn1nnnc1C(C=CC=CC=O)=C(c1ccc(F)cc1)c1ccc(F)cc1. The van der Waals surface area contributed by atoms with Crippen molar-refractivity contribution in [3.63, 3.8) is 0 Å². The van der Waals surface area contributed by atoms with Gasteiger partial charge in [0.1, 0.15) is 17.9 Å². The van der Waals surface area contributed by atoms with Gasteiger partial charge in [0.05, 0.1) is 0 Å². The average Bonchev–Trinajstić information content (AvgIpc) is 3.12. The van der Waals surface area contributed by atoms with Crippen LogP contribution in [0.3, 0.4) is 0 Å². The summed E-state index contributed by atoms with van der Waals surface area (Å²) in [7, 11) is 1.69. The number of allylic oxidation sites excluding steroid dienone is 5. The van der Waals surface area contributed by atoms with Crippen molar-refractivity contribution in [2.45, 2.75) is 0 Å². The number of rotatable bonds is 6. The van der Waals surface area contributed by atoms with Crippen LogP contribution in [-0.2, 0) is 11.8 Å². The van der Waals surface area contributed by atoms with Crippen LogP contribution in [0.15, 0.2) is 72.8 Å². The number of hydrogen-bond donors (Lipinski definition) is 0. The van der Waals surface area contributed by atoms with Crippen molar-refractivity contribution in [1.82, 2.24) is 20.2 Å². The van der Waals surface area contributed by atoms with Gasteiger partial charge in [-0.3, -0.25) is 4.79 Å². The summed E-state index contributed by atoms with van der Waals surface area (Å²) in [6.07, 6.45) is 7.00. The fraction of sp³-hybridized carbons (Fsp3) is 0.0476. The number of benzene rings is 2. The van der Waals surface area contributed by atoms with Crippen molar-refractivity contribution in [2.24, 2.45) is 7.05 Å². The van der Waals surface area contributed by atoms with Crippen LogP contribution in [0.4, 0.5) is 8.78 Å². The van der Waals surface area contributed by atoms with Crippen LogP contribution < -0.4 is 0 Å². The van der Waals surface area contributed by atoms with Crippen LogP contribution in [0.1, 0.15) is 17.0 Å². The van der Waals surface area contributed by atoms with Gasteiger partial charge in [-0.15, -0.1) is 5.10 Å². The molecule has 28 heavy (non-hydrogen) atoms. The van der Waals surface area contributed by atoms with E-state index < -0.39 is 0 Å². The van der Waals surface area contributed by atoms with Gasteiger partial charge in [0, 0.05) is 12.6 Å². The lowest BCUT2D eigenvalue weighted by molar-refractivity contribution is -0.104. The highest BCUT2D eigenvalue weighted by Gasteiger charge is 2.16. The molecule has 0 saturated carbocycles. The molecule has 1 heterocycles. The van der Waals surface area contributed by atoms with E-state index in [1.807, 2.05) is 0 Å². The zero-order chi connectivity index (χ0) is 19.9. The molecule has 3 aromatic rings. The molecule has 1 aromatic heterocycles. The molecule has 0 radical (unpaired) electrons. The molecule has 3 rings (SSSR count). The van der Waals surface area contributed by atoms with Crippen LogP contribution in [0.25, 0.3) is 11.1 Å². The second kappa shape index (κ2) is 8.77. The van der Waals surface area contributed by atoms with E-state index in [2.05, 4.69) is 15.5 Å². The summed E-state index contributed by atoms with van der Waals surface area (Å²) in [5, 5.41) is 11.6. The molecule has 0 fully saturated rings. The Morgan fingerprint density at radius 1 is 0.893 bits per heavy atom. The summed E-state index contributed by atoms with van der Waals surface area (Å²) in [5.41, 5.74) is 2.72. The molecule has 0 aliphatic heterocycles. The van der Waals surface area contributed by atoms with Gasteiger partial charge >= 0.3 is 0 Å². The Hall–Kier alpha value is -3.74. The molecule has 0 bridgehead atoms. The minimum absolute atomic E-state index is 0.367.